The van der Waals surface area contributed by atoms with E-state index in [1.165, 1.54) is 5.56 Å². The van der Waals surface area contributed by atoms with Crippen LogP contribution < -0.4 is 5.73 Å². The van der Waals surface area contributed by atoms with Gasteiger partial charge in [-0.3, -0.25) is 0 Å². The summed E-state index contributed by atoms with van der Waals surface area (Å²) >= 11 is 0. The van der Waals surface area contributed by atoms with Gasteiger partial charge in [0.2, 0.25) is 0 Å². The fraction of sp³-hybridized carbons (Fsp3) is 0.167. The fourth-order valence-corrected chi connectivity index (χ4v) is 2.50. The second-order valence-corrected chi connectivity index (χ2v) is 5.06. The standard InChI is InChI=1S/C18H18N2/c1-2-6-13-9-10-17-15(11-13)16(19)12-18(20-17)14-7-4-3-5-8-14/h3-5,7-12H,2,6H2,1H3,(H2,19,20). The highest BCUT2D eigenvalue weighted by atomic mass is 14.7. The summed E-state index contributed by atoms with van der Waals surface area (Å²) < 4.78 is 0. The zero-order chi connectivity index (χ0) is 13.9. The van der Waals surface area contributed by atoms with Crippen LogP contribution in [0.1, 0.15) is 18.9 Å². The molecule has 2 nitrogen and oxygen atoms in total. The monoisotopic (exact) mass is 262 g/mol. The third-order valence-electron chi connectivity index (χ3n) is 3.51. The van der Waals surface area contributed by atoms with Gasteiger partial charge in [0.25, 0.3) is 0 Å². The molecule has 3 rings (SSSR count). The smallest absolute Gasteiger partial charge is 0.0730 e. The third kappa shape index (κ3) is 2.37. The minimum Gasteiger partial charge on any atom is -0.398 e. The summed E-state index contributed by atoms with van der Waals surface area (Å²) in [6, 6.07) is 18.5. The summed E-state index contributed by atoms with van der Waals surface area (Å²) in [4.78, 5) is 4.73. The van der Waals surface area contributed by atoms with Crippen LogP contribution in [0.25, 0.3) is 22.2 Å². The van der Waals surface area contributed by atoms with Crippen LogP contribution in [-0.2, 0) is 6.42 Å². The molecule has 0 saturated heterocycles. The van der Waals surface area contributed by atoms with Crippen molar-refractivity contribution in [2.24, 2.45) is 0 Å². The van der Waals surface area contributed by atoms with E-state index in [1.54, 1.807) is 0 Å². The predicted octanol–water partition coefficient (Wildman–Crippen LogP) is 4.44. The molecule has 0 bridgehead atoms. The molecule has 100 valence electrons. The molecule has 1 heterocycles. The Balaban J connectivity index is 2.13. The van der Waals surface area contributed by atoms with Crippen LogP contribution in [-0.4, -0.2) is 4.98 Å². The molecule has 2 aromatic carbocycles. The molecule has 2 heteroatoms. The number of nitrogen functional groups attached to an aromatic ring is 1. The number of rotatable bonds is 3. The molecule has 0 saturated carbocycles. The summed E-state index contributed by atoms with van der Waals surface area (Å²) in [7, 11) is 0. The number of hydrogen-bond acceptors (Lipinski definition) is 2. The minimum absolute atomic E-state index is 0.798. The van der Waals surface area contributed by atoms with Gasteiger partial charge in [-0.2, -0.15) is 0 Å². The highest BCUT2D eigenvalue weighted by Crippen LogP contribution is 2.27. The molecule has 0 aliphatic carbocycles. The number of aromatic nitrogens is 1. The van der Waals surface area contributed by atoms with Crippen molar-refractivity contribution < 1.29 is 0 Å². The van der Waals surface area contributed by atoms with Gasteiger partial charge >= 0.3 is 0 Å². The van der Waals surface area contributed by atoms with E-state index in [9.17, 15) is 0 Å². The van der Waals surface area contributed by atoms with E-state index in [2.05, 4.69) is 37.3 Å². The molecule has 0 fully saturated rings. The van der Waals surface area contributed by atoms with Crippen LogP contribution in [0, 0.1) is 0 Å². The first kappa shape index (κ1) is 12.7. The number of anilines is 1. The Bertz CT molecular complexity index is 733. The van der Waals surface area contributed by atoms with E-state index >= 15 is 0 Å². The first-order chi connectivity index (χ1) is 9.78. The summed E-state index contributed by atoms with van der Waals surface area (Å²) in [5.41, 5.74) is 11.3. The van der Waals surface area contributed by atoms with Crippen LogP contribution in [0.2, 0.25) is 0 Å². The Labute approximate surface area is 119 Å². The third-order valence-corrected chi connectivity index (χ3v) is 3.51. The van der Waals surface area contributed by atoms with E-state index < -0.39 is 0 Å². The zero-order valence-electron chi connectivity index (χ0n) is 11.6. The summed E-state index contributed by atoms with van der Waals surface area (Å²) in [6.07, 6.45) is 2.22. The Hall–Kier alpha value is -2.35. The number of nitrogens with zero attached hydrogens (tertiary/aromatic N) is 1. The van der Waals surface area contributed by atoms with E-state index in [-0.39, 0.29) is 0 Å². The van der Waals surface area contributed by atoms with Crippen molar-refractivity contribution in [3.8, 4) is 11.3 Å². The maximum atomic E-state index is 6.22. The molecule has 1 aromatic heterocycles. The van der Waals surface area contributed by atoms with Gasteiger partial charge in [-0.25, -0.2) is 4.98 Å². The second kappa shape index (κ2) is 5.33. The van der Waals surface area contributed by atoms with E-state index in [1.807, 2.05) is 24.3 Å². The predicted molar refractivity (Wildman–Crippen MR) is 85.6 cm³/mol. The minimum atomic E-state index is 0.798. The lowest BCUT2D eigenvalue weighted by atomic mass is 10.0. The van der Waals surface area contributed by atoms with Crippen molar-refractivity contribution in [3.05, 3.63) is 60.2 Å². The normalized spacial score (nSPS) is 10.8. The van der Waals surface area contributed by atoms with Gasteiger partial charge in [-0.05, 0) is 30.2 Å². The van der Waals surface area contributed by atoms with Crippen LogP contribution in [0.15, 0.2) is 54.6 Å². The summed E-state index contributed by atoms with van der Waals surface area (Å²) in [5, 5.41) is 1.05. The Kier molecular flexibility index (Phi) is 3.38. The molecule has 0 aliphatic rings. The summed E-state index contributed by atoms with van der Waals surface area (Å²) in [5.74, 6) is 0. The highest BCUT2D eigenvalue weighted by Gasteiger charge is 2.06. The maximum absolute atomic E-state index is 6.22. The van der Waals surface area contributed by atoms with E-state index in [0.717, 1.165) is 40.7 Å². The van der Waals surface area contributed by atoms with Gasteiger partial charge < -0.3 is 5.73 Å². The number of hydrogen-bond donors (Lipinski definition) is 1. The van der Waals surface area contributed by atoms with Crippen molar-refractivity contribution in [1.82, 2.24) is 4.98 Å². The number of nitrogens with two attached hydrogens (primary N) is 1. The first-order valence-electron chi connectivity index (χ1n) is 7.02. The lowest BCUT2D eigenvalue weighted by molar-refractivity contribution is 0.923. The van der Waals surface area contributed by atoms with Crippen molar-refractivity contribution in [1.29, 1.82) is 0 Å². The second-order valence-electron chi connectivity index (χ2n) is 5.06. The lowest BCUT2D eigenvalue weighted by Gasteiger charge is -2.08. The van der Waals surface area contributed by atoms with Crippen LogP contribution in [0.4, 0.5) is 5.69 Å². The number of aryl methyl sites for hydroxylation is 1. The Morgan fingerprint density at radius 1 is 1.00 bits per heavy atom. The van der Waals surface area contributed by atoms with Crippen molar-refractivity contribution in [2.45, 2.75) is 19.8 Å². The van der Waals surface area contributed by atoms with Gasteiger partial charge in [-0.15, -0.1) is 0 Å². The molecule has 0 unspecified atom stereocenters. The Morgan fingerprint density at radius 3 is 2.55 bits per heavy atom. The first-order valence-corrected chi connectivity index (χ1v) is 7.02. The molecule has 0 amide bonds. The largest absolute Gasteiger partial charge is 0.398 e. The average Bonchev–Trinajstić information content (AvgIpc) is 2.49. The molecule has 0 aliphatic heterocycles. The van der Waals surface area contributed by atoms with Gasteiger partial charge in [0.1, 0.15) is 0 Å². The fourth-order valence-electron chi connectivity index (χ4n) is 2.50. The van der Waals surface area contributed by atoms with Gasteiger partial charge in [-0.1, -0.05) is 49.7 Å². The lowest BCUT2D eigenvalue weighted by Crippen LogP contribution is -1.94. The SMILES string of the molecule is CCCc1ccc2nc(-c3ccccc3)cc(N)c2c1. The van der Waals surface area contributed by atoms with Crippen molar-refractivity contribution >= 4 is 16.6 Å². The molecule has 0 atom stereocenters. The van der Waals surface area contributed by atoms with E-state index in [0.29, 0.717) is 0 Å². The van der Waals surface area contributed by atoms with Crippen molar-refractivity contribution in [2.75, 3.05) is 5.73 Å². The zero-order valence-corrected chi connectivity index (χ0v) is 11.6. The van der Waals surface area contributed by atoms with Gasteiger partial charge in [0.15, 0.2) is 0 Å². The van der Waals surface area contributed by atoms with Gasteiger partial charge in [0, 0.05) is 16.6 Å². The topological polar surface area (TPSA) is 38.9 Å². The molecule has 20 heavy (non-hydrogen) atoms. The van der Waals surface area contributed by atoms with Crippen LogP contribution >= 0.6 is 0 Å². The van der Waals surface area contributed by atoms with Crippen LogP contribution in [0.5, 0.6) is 0 Å². The number of pyridine rings is 1. The molecule has 0 spiro atoms. The molecule has 3 aromatic rings. The quantitative estimate of drug-likeness (QED) is 0.758. The highest BCUT2D eigenvalue weighted by molar-refractivity contribution is 5.93. The maximum Gasteiger partial charge on any atom is 0.0730 e. The van der Waals surface area contributed by atoms with Gasteiger partial charge in [0.05, 0.1) is 11.2 Å². The molecular formula is C18H18N2. The van der Waals surface area contributed by atoms with E-state index in [4.69, 9.17) is 10.7 Å². The Morgan fingerprint density at radius 2 is 1.80 bits per heavy atom. The van der Waals surface area contributed by atoms with Crippen LogP contribution in [0.3, 0.4) is 0 Å². The van der Waals surface area contributed by atoms with Crippen molar-refractivity contribution in [3.63, 3.8) is 0 Å². The average molecular weight is 262 g/mol. The summed E-state index contributed by atoms with van der Waals surface area (Å²) in [6.45, 7) is 2.18. The molecule has 2 N–H and O–H groups in total. The number of benzene rings is 2. The number of fused-ring (bicyclic) bond motifs is 1. The molecule has 0 radical (unpaired) electrons. The molecular weight excluding hydrogens is 244 g/mol.